The van der Waals surface area contributed by atoms with E-state index in [1.807, 2.05) is 73.7 Å². The average Bonchev–Trinajstić information content (AvgIpc) is 3.42. The highest BCUT2D eigenvalue weighted by atomic mass is 16.5. The highest BCUT2D eigenvalue weighted by Crippen LogP contribution is 2.34. The first-order valence-corrected chi connectivity index (χ1v) is 11.1. The van der Waals surface area contributed by atoms with Crippen LogP contribution in [0.3, 0.4) is 0 Å². The molecular formula is C29H22O5. The minimum atomic E-state index is -0.719. The number of benzene rings is 3. The van der Waals surface area contributed by atoms with Gasteiger partial charge in [0.1, 0.15) is 11.5 Å². The summed E-state index contributed by atoms with van der Waals surface area (Å²) in [5.41, 5.74) is 2.48. The number of rotatable bonds is 6. The predicted molar refractivity (Wildman–Crippen MR) is 130 cm³/mol. The lowest BCUT2D eigenvalue weighted by Crippen LogP contribution is -2.23. The van der Waals surface area contributed by atoms with Crippen LogP contribution in [0.1, 0.15) is 29.5 Å². The van der Waals surface area contributed by atoms with E-state index in [2.05, 4.69) is 0 Å². The van der Waals surface area contributed by atoms with Crippen molar-refractivity contribution < 1.29 is 18.4 Å². The van der Waals surface area contributed by atoms with Crippen molar-refractivity contribution in [1.29, 1.82) is 0 Å². The summed E-state index contributed by atoms with van der Waals surface area (Å²) < 4.78 is 17.4. The molecule has 0 amide bonds. The third-order valence-corrected chi connectivity index (χ3v) is 5.77. The highest BCUT2D eigenvalue weighted by Gasteiger charge is 2.29. The first kappa shape index (κ1) is 21.5. The Morgan fingerprint density at radius 1 is 0.882 bits per heavy atom. The standard InChI is InChI=1S/C29H22O5/c1-2-19-15-16-23-22(18-19)26(30)28(27(33-23)24-14-9-17-32-24)34-29(31)25(20-10-5-3-6-11-20)21-12-7-4-8-13-21/h3-18,25H,2H2,1H3. The molecule has 0 aliphatic heterocycles. The van der Waals surface area contributed by atoms with Crippen LogP contribution in [0.15, 0.2) is 111 Å². The van der Waals surface area contributed by atoms with Crippen LogP contribution in [0.5, 0.6) is 5.75 Å². The zero-order valence-electron chi connectivity index (χ0n) is 18.6. The van der Waals surface area contributed by atoms with Crippen molar-refractivity contribution in [3.8, 4) is 17.3 Å². The van der Waals surface area contributed by atoms with Crippen LogP contribution in [0.25, 0.3) is 22.5 Å². The van der Waals surface area contributed by atoms with E-state index in [0.29, 0.717) is 16.7 Å². The molecule has 5 rings (SSSR count). The van der Waals surface area contributed by atoms with E-state index in [-0.39, 0.29) is 11.5 Å². The van der Waals surface area contributed by atoms with Crippen LogP contribution in [0.4, 0.5) is 0 Å². The Labute approximate surface area is 196 Å². The summed E-state index contributed by atoms with van der Waals surface area (Å²) in [5.74, 6) is -1.10. The van der Waals surface area contributed by atoms with E-state index in [1.54, 1.807) is 24.3 Å². The van der Waals surface area contributed by atoms with Crippen molar-refractivity contribution in [2.24, 2.45) is 0 Å². The number of carbonyl (C=O) groups excluding carboxylic acids is 1. The largest absolute Gasteiger partial charge is 0.461 e. The molecule has 0 N–H and O–H groups in total. The summed E-state index contributed by atoms with van der Waals surface area (Å²) in [6, 6.07) is 27.5. The molecule has 168 valence electrons. The molecule has 0 saturated carbocycles. The Morgan fingerprint density at radius 3 is 2.15 bits per heavy atom. The molecule has 0 aliphatic rings. The van der Waals surface area contributed by atoms with E-state index in [1.165, 1.54) is 6.26 Å². The van der Waals surface area contributed by atoms with Crippen molar-refractivity contribution in [1.82, 2.24) is 0 Å². The van der Waals surface area contributed by atoms with Gasteiger partial charge in [-0.3, -0.25) is 9.59 Å². The van der Waals surface area contributed by atoms with Gasteiger partial charge in [-0.15, -0.1) is 0 Å². The third kappa shape index (κ3) is 4.04. The predicted octanol–water partition coefficient (Wildman–Crippen LogP) is 6.35. The summed E-state index contributed by atoms with van der Waals surface area (Å²) in [5, 5.41) is 0.355. The van der Waals surface area contributed by atoms with Gasteiger partial charge in [0.05, 0.1) is 11.6 Å². The molecule has 0 aliphatic carbocycles. The van der Waals surface area contributed by atoms with Crippen molar-refractivity contribution >= 4 is 16.9 Å². The first-order valence-electron chi connectivity index (χ1n) is 11.1. The second-order valence-electron chi connectivity index (χ2n) is 7.93. The molecule has 0 atom stereocenters. The Bertz CT molecular complexity index is 1440. The van der Waals surface area contributed by atoms with Gasteiger partial charge in [-0.1, -0.05) is 73.7 Å². The Balaban J connectivity index is 1.66. The van der Waals surface area contributed by atoms with Crippen molar-refractivity contribution in [2.45, 2.75) is 19.3 Å². The number of hydrogen-bond acceptors (Lipinski definition) is 5. The quantitative estimate of drug-likeness (QED) is 0.282. The van der Waals surface area contributed by atoms with Crippen LogP contribution in [0, 0.1) is 0 Å². The van der Waals surface area contributed by atoms with Crippen molar-refractivity contribution in [2.75, 3.05) is 0 Å². The van der Waals surface area contributed by atoms with E-state index in [9.17, 15) is 9.59 Å². The second kappa shape index (κ2) is 9.24. The fraction of sp³-hybridized carbons (Fsp3) is 0.103. The fourth-order valence-corrected chi connectivity index (χ4v) is 4.02. The summed E-state index contributed by atoms with van der Waals surface area (Å²) in [7, 11) is 0. The van der Waals surface area contributed by atoms with Gasteiger partial charge >= 0.3 is 5.97 Å². The van der Waals surface area contributed by atoms with Crippen LogP contribution in [0.2, 0.25) is 0 Å². The maximum absolute atomic E-state index is 13.6. The van der Waals surface area contributed by atoms with Crippen molar-refractivity contribution in [3.05, 3.63) is 124 Å². The van der Waals surface area contributed by atoms with Crippen LogP contribution < -0.4 is 10.2 Å². The van der Waals surface area contributed by atoms with Gasteiger partial charge < -0.3 is 13.6 Å². The van der Waals surface area contributed by atoms with Gasteiger partial charge in [-0.2, -0.15) is 0 Å². The van der Waals surface area contributed by atoms with Gasteiger partial charge in [0.15, 0.2) is 5.76 Å². The fourth-order valence-electron chi connectivity index (χ4n) is 4.02. The normalized spacial score (nSPS) is 11.1. The number of ether oxygens (including phenoxy) is 1. The number of aryl methyl sites for hydroxylation is 1. The van der Waals surface area contributed by atoms with Crippen LogP contribution in [-0.4, -0.2) is 5.97 Å². The molecule has 2 heterocycles. The molecular weight excluding hydrogens is 428 g/mol. The summed E-state index contributed by atoms with van der Waals surface area (Å²) in [4.78, 5) is 27.2. The smallest absolute Gasteiger partial charge is 0.323 e. The van der Waals surface area contributed by atoms with Gasteiger partial charge in [-0.05, 0) is 47.4 Å². The minimum Gasteiger partial charge on any atom is -0.461 e. The van der Waals surface area contributed by atoms with Gasteiger partial charge in [0.25, 0.3) is 0 Å². The zero-order valence-corrected chi connectivity index (χ0v) is 18.6. The number of fused-ring (bicyclic) bond motifs is 1. The van der Waals surface area contributed by atoms with Gasteiger partial charge in [0, 0.05) is 0 Å². The SMILES string of the molecule is CCc1ccc2oc(-c3ccco3)c(OC(=O)C(c3ccccc3)c3ccccc3)c(=O)c2c1. The topological polar surface area (TPSA) is 69.7 Å². The van der Waals surface area contributed by atoms with E-state index in [0.717, 1.165) is 23.1 Å². The number of hydrogen-bond donors (Lipinski definition) is 0. The molecule has 0 spiro atoms. The summed E-state index contributed by atoms with van der Waals surface area (Å²) in [6.45, 7) is 2.01. The number of esters is 1. The highest BCUT2D eigenvalue weighted by molar-refractivity contribution is 5.87. The Kier molecular flexibility index (Phi) is 5.83. The zero-order chi connectivity index (χ0) is 23.5. The van der Waals surface area contributed by atoms with E-state index >= 15 is 0 Å². The molecule has 2 aromatic heterocycles. The number of furan rings is 1. The Morgan fingerprint density at radius 2 is 1.56 bits per heavy atom. The van der Waals surface area contributed by atoms with E-state index < -0.39 is 17.3 Å². The Hall–Kier alpha value is -4.38. The molecule has 5 aromatic rings. The molecule has 0 saturated heterocycles. The molecule has 3 aromatic carbocycles. The van der Waals surface area contributed by atoms with Gasteiger partial charge in [0.2, 0.25) is 16.9 Å². The maximum Gasteiger partial charge on any atom is 0.323 e. The van der Waals surface area contributed by atoms with Gasteiger partial charge in [-0.25, -0.2) is 0 Å². The summed E-state index contributed by atoms with van der Waals surface area (Å²) in [6.07, 6.45) is 2.23. The molecule has 5 heteroatoms. The number of carbonyl (C=O) groups is 1. The van der Waals surface area contributed by atoms with Crippen LogP contribution >= 0.6 is 0 Å². The lowest BCUT2D eigenvalue weighted by Gasteiger charge is -2.17. The molecule has 0 bridgehead atoms. The van der Waals surface area contributed by atoms with Crippen LogP contribution in [-0.2, 0) is 11.2 Å². The third-order valence-electron chi connectivity index (χ3n) is 5.77. The first-order chi connectivity index (χ1) is 16.7. The monoisotopic (exact) mass is 450 g/mol. The lowest BCUT2D eigenvalue weighted by molar-refractivity contribution is -0.135. The molecule has 5 nitrogen and oxygen atoms in total. The molecule has 34 heavy (non-hydrogen) atoms. The molecule has 0 fully saturated rings. The lowest BCUT2D eigenvalue weighted by atomic mass is 9.91. The average molecular weight is 450 g/mol. The van der Waals surface area contributed by atoms with E-state index in [4.69, 9.17) is 13.6 Å². The second-order valence-corrected chi connectivity index (χ2v) is 7.93. The van der Waals surface area contributed by atoms with Crippen molar-refractivity contribution in [3.63, 3.8) is 0 Å². The molecule has 0 radical (unpaired) electrons. The molecule has 0 unspecified atom stereocenters. The summed E-state index contributed by atoms with van der Waals surface area (Å²) >= 11 is 0. The maximum atomic E-state index is 13.6. The minimum absolute atomic E-state index is 0.0833.